The Bertz CT molecular complexity index is 377. The van der Waals surface area contributed by atoms with E-state index in [-0.39, 0.29) is 5.56 Å². The molecule has 0 amide bonds. The number of carbonyl (C=O) groups is 1. The summed E-state index contributed by atoms with van der Waals surface area (Å²) in [5.74, 6) is -5.20. The molecule has 1 atom stereocenters. The van der Waals surface area contributed by atoms with Crippen LogP contribution < -0.4 is 0 Å². The zero-order valence-corrected chi connectivity index (χ0v) is 7.29. The second-order valence-corrected chi connectivity index (χ2v) is 2.89. The highest BCUT2D eigenvalue weighted by Crippen LogP contribution is 2.26. The van der Waals surface area contributed by atoms with Crippen LogP contribution in [0.2, 0.25) is 0 Å². The van der Waals surface area contributed by atoms with Crippen LogP contribution in [0.4, 0.5) is 8.78 Å². The minimum atomic E-state index is -1.24. The van der Waals surface area contributed by atoms with Crippen LogP contribution in [0.25, 0.3) is 0 Å². The Hall–Kier alpha value is -1.65. The lowest BCUT2D eigenvalue weighted by Gasteiger charge is -2.08. The van der Waals surface area contributed by atoms with E-state index in [9.17, 15) is 13.6 Å². The molecule has 1 unspecified atom stereocenters. The third kappa shape index (κ3) is 1.81. The first-order valence-corrected chi connectivity index (χ1v) is 3.84. The van der Waals surface area contributed by atoms with E-state index in [0.717, 1.165) is 6.07 Å². The van der Waals surface area contributed by atoms with Gasteiger partial charge in [0.15, 0.2) is 11.6 Å². The number of aromatic hydroxyl groups is 1. The minimum Gasteiger partial charge on any atom is -0.505 e. The van der Waals surface area contributed by atoms with Crippen molar-refractivity contribution in [1.29, 1.82) is 0 Å². The first kappa shape index (κ1) is 10.4. The highest BCUT2D eigenvalue weighted by Gasteiger charge is 2.20. The van der Waals surface area contributed by atoms with E-state index in [1.54, 1.807) is 0 Å². The summed E-state index contributed by atoms with van der Waals surface area (Å²) in [6, 6.07) is 1.24. The van der Waals surface area contributed by atoms with Gasteiger partial charge in [-0.15, -0.1) is 0 Å². The molecule has 5 heteroatoms. The van der Waals surface area contributed by atoms with Crippen LogP contribution in [0.1, 0.15) is 18.4 Å². The fraction of sp³-hybridized carbons (Fsp3) is 0.222. The highest BCUT2D eigenvalue weighted by molar-refractivity contribution is 5.75. The van der Waals surface area contributed by atoms with Crippen molar-refractivity contribution < 1.29 is 23.8 Å². The maximum Gasteiger partial charge on any atom is 0.310 e. The normalized spacial score (nSPS) is 12.5. The maximum atomic E-state index is 13.0. The molecule has 0 radical (unpaired) electrons. The summed E-state index contributed by atoms with van der Waals surface area (Å²) in [7, 11) is 0. The van der Waals surface area contributed by atoms with E-state index in [1.165, 1.54) is 6.92 Å². The first-order valence-electron chi connectivity index (χ1n) is 3.84. The Balaban J connectivity index is 3.22. The van der Waals surface area contributed by atoms with Crippen molar-refractivity contribution in [2.24, 2.45) is 0 Å². The Morgan fingerprint density at radius 3 is 2.43 bits per heavy atom. The van der Waals surface area contributed by atoms with Crippen LogP contribution in [-0.2, 0) is 4.79 Å². The number of phenols is 1. The lowest BCUT2D eigenvalue weighted by Crippen LogP contribution is -2.09. The third-order valence-electron chi connectivity index (χ3n) is 1.90. The number of benzene rings is 1. The number of phenolic OH excluding ortho intramolecular Hbond substituents is 1. The van der Waals surface area contributed by atoms with Crippen molar-refractivity contribution in [2.45, 2.75) is 12.8 Å². The van der Waals surface area contributed by atoms with Crippen LogP contribution in [0.3, 0.4) is 0 Å². The quantitative estimate of drug-likeness (QED) is 0.769. The number of carboxylic acid groups (broad SMARTS) is 1. The van der Waals surface area contributed by atoms with Crippen molar-refractivity contribution in [3.8, 4) is 5.75 Å². The number of aliphatic carboxylic acids is 1. The molecular formula is C9H8F2O3. The number of hydrogen-bond donors (Lipinski definition) is 2. The van der Waals surface area contributed by atoms with Crippen molar-refractivity contribution in [3.63, 3.8) is 0 Å². The molecule has 0 aliphatic rings. The average molecular weight is 202 g/mol. The molecule has 0 aliphatic heterocycles. The predicted molar refractivity (Wildman–Crippen MR) is 44.1 cm³/mol. The zero-order chi connectivity index (χ0) is 10.9. The summed E-state index contributed by atoms with van der Waals surface area (Å²) in [6.45, 7) is 1.25. The fourth-order valence-corrected chi connectivity index (χ4v) is 1.02. The van der Waals surface area contributed by atoms with Crippen LogP contribution in [0, 0.1) is 11.6 Å². The fourth-order valence-electron chi connectivity index (χ4n) is 1.02. The van der Waals surface area contributed by atoms with Crippen LogP contribution in [-0.4, -0.2) is 16.2 Å². The topological polar surface area (TPSA) is 57.5 Å². The van der Waals surface area contributed by atoms with Gasteiger partial charge in [-0.2, -0.15) is 0 Å². The number of carboxylic acids is 1. The van der Waals surface area contributed by atoms with Gasteiger partial charge in [0.05, 0.1) is 5.92 Å². The molecule has 1 rings (SSSR count). The smallest absolute Gasteiger partial charge is 0.310 e. The van der Waals surface area contributed by atoms with Gasteiger partial charge in [0.1, 0.15) is 5.82 Å². The minimum absolute atomic E-state index is 0.239. The molecule has 0 saturated heterocycles. The lowest BCUT2D eigenvalue weighted by atomic mass is 10.0. The average Bonchev–Trinajstić information content (AvgIpc) is 2.10. The van der Waals surface area contributed by atoms with Gasteiger partial charge in [-0.05, 0) is 13.0 Å². The summed E-state index contributed by atoms with van der Waals surface area (Å²) >= 11 is 0. The van der Waals surface area contributed by atoms with Crippen molar-refractivity contribution in [3.05, 3.63) is 29.3 Å². The van der Waals surface area contributed by atoms with E-state index >= 15 is 0 Å². The van der Waals surface area contributed by atoms with E-state index in [0.29, 0.717) is 6.07 Å². The zero-order valence-electron chi connectivity index (χ0n) is 7.29. The van der Waals surface area contributed by atoms with Crippen LogP contribution in [0.5, 0.6) is 5.75 Å². The molecule has 2 N–H and O–H groups in total. The van der Waals surface area contributed by atoms with E-state index in [1.807, 2.05) is 0 Å². The number of rotatable bonds is 2. The first-order chi connectivity index (χ1) is 6.43. The van der Waals surface area contributed by atoms with Gasteiger partial charge in [0.2, 0.25) is 0 Å². The Labute approximate surface area is 78.6 Å². The van der Waals surface area contributed by atoms with Crippen molar-refractivity contribution in [2.75, 3.05) is 0 Å². The molecule has 1 aromatic rings. The maximum absolute atomic E-state index is 13.0. The van der Waals surface area contributed by atoms with Crippen molar-refractivity contribution >= 4 is 5.97 Å². The molecular weight excluding hydrogens is 194 g/mol. The summed E-state index contributed by atoms with van der Waals surface area (Å²) in [5, 5.41) is 17.5. The van der Waals surface area contributed by atoms with Crippen LogP contribution in [0.15, 0.2) is 12.1 Å². The summed E-state index contributed by atoms with van der Waals surface area (Å²) < 4.78 is 25.6. The van der Waals surface area contributed by atoms with Gasteiger partial charge in [-0.3, -0.25) is 4.79 Å². The molecule has 76 valence electrons. The second kappa shape index (κ2) is 3.61. The second-order valence-electron chi connectivity index (χ2n) is 2.89. The Morgan fingerprint density at radius 1 is 1.36 bits per heavy atom. The van der Waals surface area contributed by atoms with Gasteiger partial charge < -0.3 is 10.2 Å². The molecule has 1 aromatic carbocycles. The predicted octanol–water partition coefficient (Wildman–Crippen LogP) is 1.86. The number of hydrogen-bond acceptors (Lipinski definition) is 2. The molecule has 0 heterocycles. The van der Waals surface area contributed by atoms with E-state index in [4.69, 9.17) is 10.2 Å². The molecule has 0 bridgehead atoms. The monoisotopic (exact) mass is 202 g/mol. The molecule has 0 aromatic heterocycles. The molecule has 0 fully saturated rings. The number of halogens is 2. The van der Waals surface area contributed by atoms with Gasteiger partial charge in [-0.1, -0.05) is 0 Å². The van der Waals surface area contributed by atoms with Gasteiger partial charge >= 0.3 is 5.97 Å². The molecule has 0 aliphatic carbocycles. The molecule has 3 nitrogen and oxygen atoms in total. The Kier molecular flexibility index (Phi) is 2.69. The third-order valence-corrected chi connectivity index (χ3v) is 1.90. The van der Waals surface area contributed by atoms with Crippen LogP contribution >= 0.6 is 0 Å². The molecule has 14 heavy (non-hydrogen) atoms. The Morgan fingerprint density at radius 2 is 1.93 bits per heavy atom. The standard InChI is InChI=1S/C9H8F2O3/c1-4(9(13)14)5-2-8(12)7(11)3-6(5)10/h2-4,12H,1H3,(H,13,14). The van der Waals surface area contributed by atoms with Gasteiger partial charge in [-0.25, -0.2) is 8.78 Å². The summed E-state index contributed by atoms with van der Waals surface area (Å²) in [4.78, 5) is 10.5. The molecule has 0 saturated carbocycles. The summed E-state index contributed by atoms with van der Waals surface area (Å²) in [6.07, 6.45) is 0. The van der Waals surface area contributed by atoms with E-state index < -0.39 is 29.3 Å². The van der Waals surface area contributed by atoms with E-state index in [2.05, 4.69) is 0 Å². The SMILES string of the molecule is CC(C(=O)O)c1cc(O)c(F)cc1F. The highest BCUT2D eigenvalue weighted by atomic mass is 19.1. The summed E-state index contributed by atoms with van der Waals surface area (Å²) in [5.41, 5.74) is -0.239. The largest absolute Gasteiger partial charge is 0.505 e. The van der Waals surface area contributed by atoms with Crippen molar-refractivity contribution in [1.82, 2.24) is 0 Å². The van der Waals surface area contributed by atoms with Gasteiger partial charge in [0, 0.05) is 11.6 Å². The lowest BCUT2D eigenvalue weighted by molar-refractivity contribution is -0.138. The van der Waals surface area contributed by atoms with Gasteiger partial charge in [0.25, 0.3) is 0 Å². The molecule has 0 spiro atoms.